The summed E-state index contributed by atoms with van der Waals surface area (Å²) in [6, 6.07) is 1.94. The number of hydrogen-bond donors (Lipinski definition) is 2. The van der Waals surface area contributed by atoms with E-state index < -0.39 is 0 Å². The number of hydrogen-bond acceptors (Lipinski definition) is 4. The molecule has 6 heteroatoms. The second kappa shape index (κ2) is 5.75. The van der Waals surface area contributed by atoms with Crippen LogP contribution in [0.15, 0.2) is 12.3 Å². The van der Waals surface area contributed by atoms with Crippen LogP contribution in [0.3, 0.4) is 0 Å². The minimum absolute atomic E-state index is 0.0512. The molecule has 1 aliphatic rings. The Morgan fingerprint density at radius 2 is 2.50 bits per heavy atom. The topological polar surface area (TPSA) is 70.7 Å². The predicted molar refractivity (Wildman–Crippen MR) is 78.7 cm³/mol. The number of aromatic amines is 1. The van der Waals surface area contributed by atoms with Crippen LogP contribution in [0.1, 0.15) is 40.8 Å². The van der Waals surface area contributed by atoms with Gasteiger partial charge in [-0.05, 0) is 32.6 Å². The third-order valence-corrected chi connectivity index (χ3v) is 4.39. The first-order chi connectivity index (χ1) is 9.70. The standard InChI is InChI=1S/C14H17N4OS/c1-9-15-8-11(20-9)6-14(19)16-13-7-12(17-18-13)10-4-2-3-5-10/h2,7-8,10H,3-6H2,1H3,(H2,16,17,18,19)/t10-/m1/s1. The lowest BCUT2D eigenvalue weighted by Crippen LogP contribution is -2.13. The number of H-pyrrole nitrogens is 1. The van der Waals surface area contributed by atoms with Gasteiger partial charge in [0.05, 0.1) is 11.4 Å². The zero-order valence-corrected chi connectivity index (χ0v) is 12.2. The third kappa shape index (κ3) is 3.07. The van der Waals surface area contributed by atoms with E-state index in [0.29, 0.717) is 18.2 Å². The third-order valence-electron chi connectivity index (χ3n) is 3.48. The van der Waals surface area contributed by atoms with Crippen LogP contribution in [-0.4, -0.2) is 21.1 Å². The van der Waals surface area contributed by atoms with Crippen LogP contribution in [0.2, 0.25) is 0 Å². The van der Waals surface area contributed by atoms with Crippen molar-refractivity contribution in [3.05, 3.63) is 34.3 Å². The minimum atomic E-state index is -0.0512. The number of nitrogens with one attached hydrogen (secondary N) is 2. The number of amides is 1. The Hall–Kier alpha value is -1.69. The summed E-state index contributed by atoms with van der Waals surface area (Å²) in [6.07, 6.45) is 7.83. The van der Waals surface area contributed by atoms with E-state index >= 15 is 0 Å². The van der Waals surface area contributed by atoms with E-state index in [1.54, 1.807) is 17.5 Å². The van der Waals surface area contributed by atoms with Gasteiger partial charge < -0.3 is 5.32 Å². The fraction of sp³-hybridized carbons (Fsp3) is 0.429. The summed E-state index contributed by atoms with van der Waals surface area (Å²) in [5, 5.41) is 11.0. The molecule has 1 saturated carbocycles. The predicted octanol–water partition coefficient (Wildman–Crippen LogP) is 2.83. The largest absolute Gasteiger partial charge is 0.309 e. The molecule has 5 nitrogen and oxygen atoms in total. The minimum Gasteiger partial charge on any atom is -0.309 e. The van der Waals surface area contributed by atoms with Gasteiger partial charge >= 0.3 is 0 Å². The summed E-state index contributed by atoms with van der Waals surface area (Å²) in [6.45, 7) is 1.94. The molecule has 2 aromatic heterocycles. The number of carbonyl (C=O) groups excluding carboxylic acids is 1. The highest BCUT2D eigenvalue weighted by Crippen LogP contribution is 2.33. The number of thiazole rings is 1. The first kappa shape index (κ1) is 13.3. The lowest BCUT2D eigenvalue weighted by Gasteiger charge is -2.03. The molecule has 2 N–H and O–H groups in total. The molecule has 1 radical (unpaired) electrons. The second-order valence-corrected chi connectivity index (χ2v) is 6.40. The fourth-order valence-corrected chi connectivity index (χ4v) is 3.27. The number of aryl methyl sites for hydroxylation is 1. The molecule has 0 unspecified atom stereocenters. The normalized spacial score (nSPS) is 15.7. The molecule has 0 bridgehead atoms. The van der Waals surface area contributed by atoms with Crippen molar-refractivity contribution in [3.63, 3.8) is 0 Å². The summed E-state index contributed by atoms with van der Waals surface area (Å²) in [4.78, 5) is 17.0. The van der Waals surface area contributed by atoms with Crippen LogP contribution in [0.25, 0.3) is 0 Å². The molecule has 0 saturated heterocycles. The van der Waals surface area contributed by atoms with Crippen molar-refractivity contribution in [1.82, 2.24) is 15.2 Å². The first-order valence-corrected chi connectivity index (χ1v) is 7.60. The molecule has 0 spiro atoms. The average molecular weight is 289 g/mol. The van der Waals surface area contributed by atoms with E-state index in [1.165, 1.54) is 0 Å². The van der Waals surface area contributed by atoms with Crippen LogP contribution in [0.5, 0.6) is 0 Å². The van der Waals surface area contributed by atoms with E-state index in [4.69, 9.17) is 0 Å². The van der Waals surface area contributed by atoms with E-state index in [0.717, 1.165) is 34.8 Å². The van der Waals surface area contributed by atoms with E-state index in [1.807, 2.05) is 13.0 Å². The molecule has 20 heavy (non-hydrogen) atoms. The molecule has 2 heterocycles. The molecule has 105 valence electrons. The summed E-state index contributed by atoms with van der Waals surface area (Å²) >= 11 is 1.55. The molecule has 3 rings (SSSR count). The molecule has 0 aliphatic heterocycles. The highest BCUT2D eigenvalue weighted by molar-refractivity contribution is 7.11. The van der Waals surface area contributed by atoms with E-state index in [-0.39, 0.29) is 5.91 Å². The number of carbonyl (C=O) groups is 1. The Morgan fingerprint density at radius 1 is 1.60 bits per heavy atom. The van der Waals surface area contributed by atoms with Gasteiger partial charge in [-0.25, -0.2) is 4.98 Å². The lowest BCUT2D eigenvalue weighted by molar-refractivity contribution is -0.115. The highest BCUT2D eigenvalue weighted by Gasteiger charge is 2.19. The molecular weight excluding hydrogens is 272 g/mol. The Kier molecular flexibility index (Phi) is 3.82. The van der Waals surface area contributed by atoms with Crippen molar-refractivity contribution < 1.29 is 4.79 Å². The fourth-order valence-electron chi connectivity index (χ4n) is 2.48. The van der Waals surface area contributed by atoms with Gasteiger partial charge in [-0.15, -0.1) is 11.3 Å². The molecule has 1 amide bonds. The maximum absolute atomic E-state index is 11.9. The Morgan fingerprint density at radius 3 is 3.20 bits per heavy atom. The van der Waals surface area contributed by atoms with Crippen LogP contribution in [0.4, 0.5) is 5.82 Å². The zero-order valence-electron chi connectivity index (χ0n) is 11.3. The van der Waals surface area contributed by atoms with Crippen LogP contribution in [-0.2, 0) is 11.2 Å². The van der Waals surface area contributed by atoms with Crippen molar-refractivity contribution in [2.75, 3.05) is 5.32 Å². The number of anilines is 1. The van der Waals surface area contributed by atoms with Crippen LogP contribution >= 0.6 is 11.3 Å². The summed E-state index contributed by atoms with van der Waals surface area (Å²) < 4.78 is 0. The molecule has 1 fully saturated rings. The van der Waals surface area contributed by atoms with Crippen molar-refractivity contribution in [2.24, 2.45) is 0 Å². The van der Waals surface area contributed by atoms with Crippen molar-refractivity contribution in [1.29, 1.82) is 0 Å². The molecule has 1 aliphatic carbocycles. The van der Waals surface area contributed by atoms with E-state index in [2.05, 4.69) is 26.9 Å². The molecule has 1 atom stereocenters. The van der Waals surface area contributed by atoms with Gasteiger partial charge in [-0.1, -0.05) is 0 Å². The van der Waals surface area contributed by atoms with Gasteiger partial charge in [0.2, 0.25) is 5.91 Å². The quantitative estimate of drug-likeness (QED) is 0.909. The van der Waals surface area contributed by atoms with Gasteiger partial charge in [0.1, 0.15) is 0 Å². The summed E-state index contributed by atoms with van der Waals surface area (Å²) in [5.74, 6) is 1.08. The Labute approximate surface area is 121 Å². The first-order valence-electron chi connectivity index (χ1n) is 6.79. The molecular formula is C14H17N4OS. The van der Waals surface area contributed by atoms with E-state index in [9.17, 15) is 4.79 Å². The second-order valence-electron chi connectivity index (χ2n) is 5.08. The number of aromatic nitrogens is 3. The van der Waals surface area contributed by atoms with Crippen molar-refractivity contribution in [2.45, 2.75) is 38.5 Å². The smallest absolute Gasteiger partial charge is 0.230 e. The van der Waals surface area contributed by atoms with Gasteiger partial charge in [-0.3, -0.25) is 9.89 Å². The SMILES string of the molecule is Cc1ncc(CC(=O)Nc2cc([C@@H]3C[CH]CC3)[nH]n2)s1. The van der Waals surface area contributed by atoms with Gasteiger partial charge in [0.15, 0.2) is 5.82 Å². The molecule has 2 aromatic rings. The van der Waals surface area contributed by atoms with Gasteiger partial charge in [-0.2, -0.15) is 5.10 Å². The number of nitrogens with zero attached hydrogens (tertiary/aromatic N) is 2. The maximum Gasteiger partial charge on any atom is 0.230 e. The summed E-state index contributed by atoms with van der Waals surface area (Å²) in [7, 11) is 0. The average Bonchev–Trinajstić information content (AvgIpc) is 3.10. The van der Waals surface area contributed by atoms with Crippen molar-refractivity contribution >= 4 is 23.1 Å². The Balaban J connectivity index is 1.58. The highest BCUT2D eigenvalue weighted by atomic mass is 32.1. The zero-order chi connectivity index (χ0) is 13.9. The maximum atomic E-state index is 11.9. The van der Waals surface area contributed by atoms with Gasteiger partial charge in [0, 0.05) is 28.8 Å². The summed E-state index contributed by atoms with van der Waals surface area (Å²) in [5.41, 5.74) is 1.11. The van der Waals surface area contributed by atoms with Crippen molar-refractivity contribution in [3.8, 4) is 0 Å². The molecule has 0 aromatic carbocycles. The van der Waals surface area contributed by atoms with Crippen LogP contribution in [0, 0.1) is 13.3 Å². The number of rotatable bonds is 4. The monoisotopic (exact) mass is 289 g/mol. The lowest BCUT2D eigenvalue weighted by atomic mass is 10.0. The Bertz CT molecular complexity index is 598. The van der Waals surface area contributed by atoms with Gasteiger partial charge in [0.25, 0.3) is 0 Å². The van der Waals surface area contributed by atoms with Crippen LogP contribution < -0.4 is 5.32 Å².